The minimum absolute atomic E-state index is 0.181. The second-order valence-corrected chi connectivity index (χ2v) is 6.62. The first-order valence-corrected chi connectivity index (χ1v) is 8.57. The van der Waals surface area contributed by atoms with Gasteiger partial charge in [0.25, 0.3) is 5.91 Å². The summed E-state index contributed by atoms with van der Waals surface area (Å²) in [6, 6.07) is 9.75. The minimum atomic E-state index is -0.624. The van der Waals surface area contributed by atoms with Crippen LogP contribution in [0.3, 0.4) is 0 Å². The van der Waals surface area contributed by atoms with E-state index in [1.807, 2.05) is 30.3 Å². The maximum atomic E-state index is 12.8. The number of amides is 1. The second kappa shape index (κ2) is 6.31. The molecule has 7 nitrogen and oxygen atoms in total. The molecule has 1 aromatic carbocycles. The third-order valence-electron chi connectivity index (χ3n) is 4.84. The van der Waals surface area contributed by atoms with Crippen molar-refractivity contribution in [3.8, 4) is 0 Å². The Bertz CT molecular complexity index is 794. The molecule has 1 aliphatic heterocycles. The van der Waals surface area contributed by atoms with Crippen LogP contribution in [0.4, 0.5) is 0 Å². The Labute approximate surface area is 145 Å². The van der Waals surface area contributed by atoms with Gasteiger partial charge in [-0.25, -0.2) is 0 Å². The number of carbonyl (C=O) groups excluding carboxylic acids is 1. The van der Waals surface area contributed by atoms with Crippen LogP contribution in [-0.4, -0.2) is 27.9 Å². The molecule has 1 aliphatic carbocycles. The Morgan fingerprint density at radius 2 is 2.00 bits per heavy atom. The van der Waals surface area contributed by atoms with Gasteiger partial charge in [-0.3, -0.25) is 4.79 Å². The molecule has 2 aliphatic rings. The molecular weight excluding hydrogens is 320 g/mol. The van der Waals surface area contributed by atoms with Crippen molar-refractivity contribution in [1.82, 2.24) is 15.5 Å². The summed E-state index contributed by atoms with van der Waals surface area (Å²) < 4.78 is 5.12. The molecule has 1 saturated carbocycles. The maximum absolute atomic E-state index is 12.8. The van der Waals surface area contributed by atoms with Gasteiger partial charge in [0.1, 0.15) is 5.54 Å². The van der Waals surface area contributed by atoms with Crippen LogP contribution in [0.15, 0.2) is 40.0 Å². The number of nitrogens with zero attached hydrogens (tertiary/aromatic N) is 3. The third-order valence-corrected chi connectivity index (χ3v) is 4.84. The number of rotatable bonds is 4. The lowest BCUT2D eigenvalue weighted by Gasteiger charge is -2.27. The Kier molecular flexibility index (Phi) is 3.99. The Hall–Kier alpha value is -2.70. The van der Waals surface area contributed by atoms with Gasteiger partial charge in [-0.15, -0.1) is 0 Å². The van der Waals surface area contributed by atoms with E-state index in [1.165, 1.54) is 0 Å². The third kappa shape index (κ3) is 3.01. The number of nitrogens with one attached hydrogen (secondary N) is 1. The van der Waals surface area contributed by atoms with Crippen LogP contribution in [0.5, 0.6) is 0 Å². The van der Waals surface area contributed by atoms with E-state index in [4.69, 9.17) is 9.36 Å². The molecule has 0 radical (unpaired) electrons. The molecule has 130 valence electrons. The van der Waals surface area contributed by atoms with Gasteiger partial charge in [-0.2, -0.15) is 4.98 Å². The molecule has 1 atom stereocenters. The molecule has 25 heavy (non-hydrogen) atoms. The number of aromatic nitrogens is 2. The van der Waals surface area contributed by atoms with E-state index >= 15 is 0 Å². The standard InChI is InChI=1S/C18H20N4O3/c1-12-19-17(22-24-12)18(9-5-6-10-18)20-16(23)15-11-14(21-25-15)13-7-3-2-4-8-13/h2-4,7-8,15H,5-6,9-11H2,1H3,(H,20,23). The zero-order valence-corrected chi connectivity index (χ0v) is 14.1. The van der Waals surface area contributed by atoms with Crippen molar-refractivity contribution in [1.29, 1.82) is 0 Å². The molecule has 0 saturated heterocycles. The van der Waals surface area contributed by atoms with Gasteiger partial charge in [-0.1, -0.05) is 53.5 Å². The zero-order chi connectivity index (χ0) is 17.3. The van der Waals surface area contributed by atoms with Crippen molar-refractivity contribution < 1.29 is 14.2 Å². The van der Waals surface area contributed by atoms with E-state index in [0.717, 1.165) is 37.0 Å². The first-order chi connectivity index (χ1) is 12.2. The van der Waals surface area contributed by atoms with Crippen molar-refractivity contribution in [2.24, 2.45) is 5.16 Å². The van der Waals surface area contributed by atoms with Crippen LogP contribution in [0.1, 0.15) is 49.4 Å². The maximum Gasteiger partial charge on any atom is 0.265 e. The van der Waals surface area contributed by atoms with Crippen LogP contribution < -0.4 is 5.32 Å². The summed E-state index contributed by atoms with van der Waals surface area (Å²) in [5.41, 5.74) is 1.20. The highest BCUT2D eigenvalue weighted by atomic mass is 16.6. The summed E-state index contributed by atoms with van der Waals surface area (Å²) in [5.74, 6) is 0.874. The Morgan fingerprint density at radius 1 is 1.24 bits per heavy atom. The Balaban J connectivity index is 1.47. The van der Waals surface area contributed by atoms with Gasteiger partial charge < -0.3 is 14.7 Å². The van der Waals surface area contributed by atoms with Crippen LogP contribution in [0.2, 0.25) is 0 Å². The topological polar surface area (TPSA) is 89.6 Å². The molecule has 7 heteroatoms. The van der Waals surface area contributed by atoms with Gasteiger partial charge in [0, 0.05) is 13.3 Å². The lowest BCUT2D eigenvalue weighted by molar-refractivity contribution is -0.133. The van der Waals surface area contributed by atoms with Crippen LogP contribution in [-0.2, 0) is 15.2 Å². The van der Waals surface area contributed by atoms with Gasteiger partial charge in [-0.05, 0) is 18.4 Å². The predicted octanol–water partition coefficient (Wildman–Crippen LogP) is 2.46. The number of hydrogen-bond acceptors (Lipinski definition) is 6. The lowest BCUT2D eigenvalue weighted by atomic mass is 9.95. The van der Waals surface area contributed by atoms with Crippen molar-refractivity contribution >= 4 is 11.6 Å². The van der Waals surface area contributed by atoms with E-state index < -0.39 is 11.6 Å². The molecule has 0 spiro atoms. The number of aryl methyl sites for hydroxylation is 1. The average molecular weight is 340 g/mol. The van der Waals surface area contributed by atoms with Crippen molar-refractivity contribution in [3.63, 3.8) is 0 Å². The molecule has 1 aromatic heterocycles. The van der Waals surface area contributed by atoms with Crippen molar-refractivity contribution in [2.75, 3.05) is 0 Å². The lowest BCUT2D eigenvalue weighted by Crippen LogP contribution is -2.48. The smallest absolute Gasteiger partial charge is 0.265 e. The highest BCUT2D eigenvalue weighted by Crippen LogP contribution is 2.37. The summed E-state index contributed by atoms with van der Waals surface area (Å²) in [6.45, 7) is 1.75. The van der Waals surface area contributed by atoms with E-state index in [0.29, 0.717) is 18.1 Å². The Morgan fingerprint density at radius 3 is 2.68 bits per heavy atom. The summed E-state index contributed by atoms with van der Waals surface area (Å²) in [6.07, 6.45) is 3.47. The predicted molar refractivity (Wildman–Crippen MR) is 89.8 cm³/mol. The molecule has 1 unspecified atom stereocenters. The van der Waals surface area contributed by atoms with Crippen molar-refractivity contribution in [3.05, 3.63) is 47.6 Å². The molecule has 1 N–H and O–H groups in total. The van der Waals surface area contributed by atoms with E-state index in [2.05, 4.69) is 20.6 Å². The first kappa shape index (κ1) is 15.8. The van der Waals surface area contributed by atoms with E-state index in [-0.39, 0.29) is 5.91 Å². The summed E-state index contributed by atoms with van der Waals surface area (Å²) in [4.78, 5) is 22.5. The summed E-state index contributed by atoms with van der Waals surface area (Å²) in [5, 5.41) is 11.2. The fourth-order valence-corrected chi connectivity index (χ4v) is 3.51. The van der Waals surface area contributed by atoms with Crippen LogP contribution in [0.25, 0.3) is 0 Å². The van der Waals surface area contributed by atoms with Crippen LogP contribution in [0, 0.1) is 6.92 Å². The molecular formula is C18H20N4O3. The van der Waals surface area contributed by atoms with Gasteiger partial charge in [0.2, 0.25) is 12.0 Å². The quantitative estimate of drug-likeness (QED) is 0.923. The molecule has 2 aromatic rings. The number of benzene rings is 1. The van der Waals surface area contributed by atoms with E-state index in [9.17, 15) is 4.79 Å². The summed E-state index contributed by atoms with van der Waals surface area (Å²) >= 11 is 0. The molecule has 4 rings (SSSR count). The molecule has 0 bridgehead atoms. The monoisotopic (exact) mass is 340 g/mol. The fraction of sp³-hybridized carbons (Fsp3) is 0.444. The van der Waals surface area contributed by atoms with Gasteiger partial charge >= 0.3 is 0 Å². The average Bonchev–Trinajstić information content (AvgIpc) is 3.36. The van der Waals surface area contributed by atoms with Gasteiger partial charge in [0.15, 0.2) is 5.82 Å². The van der Waals surface area contributed by atoms with Crippen molar-refractivity contribution in [2.45, 2.75) is 50.7 Å². The SMILES string of the molecule is Cc1nc(C2(NC(=O)C3CC(c4ccccc4)=NO3)CCCC2)no1. The number of hydrogen-bond donors (Lipinski definition) is 1. The van der Waals surface area contributed by atoms with E-state index in [1.54, 1.807) is 6.92 Å². The van der Waals surface area contributed by atoms with Gasteiger partial charge in [0.05, 0.1) is 5.71 Å². The first-order valence-electron chi connectivity index (χ1n) is 8.57. The fourth-order valence-electron chi connectivity index (χ4n) is 3.51. The largest absolute Gasteiger partial charge is 0.382 e. The van der Waals surface area contributed by atoms with Crippen LogP contribution >= 0.6 is 0 Å². The molecule has 1 fully saturated rings. The highest BCUT2D eigenvalue weighted by Gasteiger charge is 2.43. The zero-order valence-electron chi connectivity index (χ0n) is 14.1. The molecule has 2 heterocycles. The molecule has 1 amide bonds. The second-order valence-electron chi connectivity index (χ2n) is 6.62. The highest BCUT2D eigenvalue weighted by molar-refractivity contribution is 6.04. The minimum Gasteiger partial charge on any atom is -0.382 e. The number of carbonyl (C=O) groups is 1. The number of oxime groups is 1. The normalized spacial score (nSPS) is 21.6. The summed E-state index contributed by atoms with van der Waals surface area (Å²) in [7, 11) is 0.